The molecule has 0 spiro atoms. The van der Waals surface area contributed by atoms with Gasteiger partial charge in [0.2, 0.25) is 0 Å². The van der Waals surface area contributed by atoms with E-state index < -0.39 is 5.97 Å². The zero-order valence-corrected chi connectivity index (χ0v) is 11.6. The normalized spacial score (nSPS) is 10.1. The Kier molecular flexibility index (Phi) is 4.37. The van der Waals surface area contributed by atoms with Crippen LogP contribution in [0.25, 0.3) is 0 Å². The average Bonchev–Trinajstić information content (AvgIpc) is 2.93. The molecule has 0 unspecified atom stereocenters. The Morgan fingerprint density at radius 3 is 2.55 bits per heavy atom. The lowest BCUT2D eigenvalue weighted by Crippen LogP contribution is -2.22. The van der Waals surface area contributed by atoms with Crippen molar-refractivity contribution in [3.05, 3.63) is 51.7 Å². The second-order valence-electron chi connectivity index (χ2n) is 4.00. The number of nitrogens with one attached hydrogen (secondary N) is 1. The number of carbonyl (C=O) groups excluding carboxylic acids is 1. The molecule has 2 aromatic rings. The molecule has 104 valence electrons. The molecule has 1 aromatic heterocycles. The monoisotopic (exact) mass is 291 g/mol. The van der Waals surface area contributed by atoms with Gasteiger partial charge in [0.05, 0.1) is 12.7 Å². The van der Waals surface area contributed by atoms with E-state index in [2.05, 4.69) is 5.32 Å². The SMILES string of the molecule is COc1ccsc1C(=O)NCc1ccc(C(=O)O)cc1. The van der Waals surface area contributed by atoms with E-state index in [0.717, 1.165) is 5.56 Å². The molecule has 0 aliphatic heterocycles. The maximum Gasteiger partial charge on any atom is 0.335 e. The summed E-state index contributed by atoms with van der Waals surface area (Å²) in [7, 11) is 1.52. The highest BCUT2D eigenvalue weighted by Crippen LogP contribution is 2.24. The summed E-state index contributed by atoms with van der Waals surface area (Å²) in [6.45, 7) is 0.333. The Hall–Kier alpha value is -2.34. The largest absolute Gasteiger partial charge is 0.495 e. The minimum Gasteiger partial charge on any atom is -0.495 e. The van der Waals surface area contributed by atoms with Crippen LogP contribution in [-0.4, -0.2) is 24.1 Å². The second kappa shape index (κ2) is 6.21. The molecule has 5 nitrogen and oxygen atoms in total. The smallest absolute Gasteiger partial charge is 0.335 e. The maximum absolute atomic E-state index is 12.0. The predicted molar refractivity (Wildman–Crippen MR) is 75.4 cm³/mol. The Morgan fingerprint density at radius 1 is 1.25 bits per heavy atom. The van der Waals surface area contributed by atoms with Crippen molar-refractivity contribution in [1.82, 2.24) is 5.32 Å². The zero-order chi connectivity index (χ0) is 14.5. The van der Waals surface area contributed by atoms with E-state index in [0.29, 0.717) is 17.2 Å². The van der Waals surface area contributed by atoms with E-state index in [4.69, 9.17) is 9.84 Å². The number of rotatable bonds is 5. The van der Waals surface area contributed by atoms with Crippen LogP contribution in [0, 0.1) is 0 Å². The summed E-state index contributed by atoms with van der Waals surface area (Å²) in [5.41, 5.74) is 1.05. The van der Waals surface area contributed by atoms with E-state index in [9.17, 15) is 9.59 Å². The summed E-state index contributed by atoms with van der Waals surface area (Å²) in [5, 5.41) is 13.4. The van der Waals surface area contributed by atoms with Gasteiger partial charge in [-0.25, -0.2) is 4.79 Å². The first-order valence-corrected chi connectivity index (χ1v) is 6.71. The van der Waals surface area contributed by atoms with Crippen LogP contribution in [0.4, 0.5) is 0 Å². The van der Waals surface area contributed by atoms with Gasteiger partial charge in [0.15, 0.2) is 0 Å². The number of hydrogen-bond acceptors (Lipinski definition) is 4. The number of thiophene rings is 1. The molecule has 6 heteroatoms. The molecule has 0 aliphatic carbocycles. The summed E-state index contributed by atoms with van der Waals surface area (Å²) in [6, 6.07) is 8.11. The molecular weight excluding hydrogens is 278 g/mol. The minimum atomic E-state index is -0.969. The molecule has 1 aromatic carbocycles. The fraction of sp³-hybridized carbons (Fsp3) is 0.143. The van der Waals surface area contributed by atoms with Crippen LogP contribution in [0.5, 0.6) is 5.75 Å². The van der Waals surface area contributed by atoms with Crippen molar-refractivity contribution in [3.8, 4) is 5.75 Å². The molecule has 1 heterocycles. The highest BCUT2D eigenvalue weighted by molar-refractivity contribution is 7.12. The summed E-state index contributed by atoms with van der Waals surface area (Å²) >= 11 is 1.31. The molecule has 0 saturated heterocycles. The first-order valence-electron chi connectivity index (χ1n) is 5.83. The van der Waals surface area contributed by atoms with Crippen LogP contribution in [0.3, 0.4) is 0 Å². The molecule has 0 fully saturated rings. The summed E-state index contributed by atoms with van der Waals surface area (Å²) < 4.78 is 5.08. The molecule has 0 atom stereocenters. The number of aromatic carboxylic acids is 1. The number of benzene rings is 1. The quantitative estimate of drug-likeness (QED) is 0.887. The highest BCUT2D eigenvalue weighted by atomic mass is 32.1. The van der Waals surface area contributed by atoms with Gasteiger partial charge in [-0.3, -0.25) is 4.79 Å². The number of ether oxygens (including phenoxy) is 1. The number of carboxylic acids is 1. The zero-order valence-electron chi connectivity index (χ0n) is 10.8. The molecule has 2 rings (SSSR count). The van der Waals surface area contributed by atoms with E-state index in [1.165, 1.54) is 30.6 Å². The Morgan fingerprint density at radius 2 is 1.95 bits per heavy atom. The number of hydrogen-bond donors (Lipinski definition) is 2. The van der Waals surface area contributed by atoms with Gasteiger partial charge >= 0.3 is 5.97 Å². The number of methoxy groups -OCH3 is 1. The first kappa shape index (κ1) is 14.1. The molecule has 0 bridgehead atoms. The Bertz CT molecular complexity index is 618. The summed E-state index contributed by atoms with van der Waals surface area (Å²) in [6.07, 6.45) is 0. The van der Waals surface area contributed by atoms with Crippen molar-refractivity contribution in [2.24, 2.45) is 0 Å². The van der Waals surface area contributed by atoms with Gasteiger partial charge in [0.25, 0.3) is 5.91 Å². The molecular formula is C14H13NO4S. The van der Waals surface area contributed by atoms with Crippen molar-refractivity contribution < 1.29 is 19.4 Å². The van der Waals surface area contributed by atoms with Crippen molar-refractivity contribution in [1.29, 1.82) is 0 Å². The van der Waals surface area contributed by atoms with Crippen molar-refractivity contribution >= 4 is 23.2 Å². The van der Waals surface area contributed by atoms with E-state index >= 15 is 0 Å². The Labute approximate surface area is 119 Å². The lowest BCUT2D eigenvalue weighted by Gasteiger charge is -2.06. The van der Waals surface area contributed by atoms with Crippen LogP contribution in [0.1, 0.15) is 25.6 Å². The predicted octanol–water partition coefficient (Wildman–Crippen LogP) is 2.38. The first-order chi connectivity index (χ1) is 9.61. The summed E-state index contributed by atoms with van der Waals surface area (Å²) in [4.78, 5) is 23.2. The van der Waals surface area contributed by atoms with E-state index in [-0.39, 0.29) is 11.5 Å². The topological polar surface area (TPSA) is 75.6 Å². The van der Waals surface area contributed by atoms with Gasteiger partial charge in [-0.2, -0.15) is 0 Å². The van der Waals surface area contributed by atoms with Gasteiger partial charge in [-0.1, -0.05) is 12.1 Å². The number of amides is 1. The second-order valence-corrected chi connectivity index (χ2v) is 4.92. The van der Waals surface area contributed by atoms with Gasteiger partial charge in [-0.05, 0) is 29.1 Å². The molecule has 0 saturated carbocycles. The van der Waals surface area contributed by atoms with Crippen LogP contribution in [0.15, 0.2) is 35.7 Å². The molecule has 0 radical (unpaired) electrons. The number of carboxylic acid groups (broad SMARTS) is 1. The third-order valence-electron chi connectivity index (χ3n) is 2.71. The van der Waals surface area contributed by atoms with Gasteiger partial charge in [0.1, 0.15) is 10.6 Å². The highest BCUT2D eigenvalue weighted by Gasteiger charge is 2.13. The van der Waals surface area contributed by atoms with Crippen LogP contribution in [0.2, 0.25) is 0 Å². The lowest BCUT2D eigenvalue weighted by molar-refractivity contribution is 0.0696. The number of carbonyl (C=O) groups is 2. The van der Waals surface area contributed by atoms with Gasteiger partial charge < -0.3 is 15.2 Å². The third kappa shape index (κ3) is 3.16. The molecule has 0 aliphatic rings. The minimum absolute atomic E-state index is 0.209. The maximum atomic E-state index is 12.0. The molecule has 2 N–H and O–H groups in total. The van der Waals surface area contributed by atoms with Crippen LogP contribution in [-0.2, 0) is 6.54 Å². The average molecular weight is 291 g/mol. The van der Waals surface area contributed by atoms with E-state index in [1.807, 2.05) is 0 Å². The molecule has 20 heavy (non-hydrogen) atoms. The van der Waals surface area contributed by atoms with Crippen molar-refractivity contribution in [2.75, 3.05) is 7.11 Å². The van der Waals surface area contributed by atoms with Gasteiger partial charge in [0, 0.05) is 6.54 Å². The van der Waals surface area contributed by atoms with Crippen LogP contribution < -0.4 is 10.1 Å². The van der Waals surface area contributed by atoms with Crippen molar-refractivity contribution in [2.45, 2.75) is 6.54 Å². The lowest BCUT2D eigenvalue weighted by atomic mass is 10.1. The fourth-order valence-corrected chi connectivity index (χ4v) is 2.43. The van der Waals surface area contributed by atoms with Crippen LogP contribution >= 0.6 is 11.3 Å². The Balaban J connectivity index is 1.98. The standard InChI is InChI=1S/C14H13NO4S/c1-19-11-6-7-20-12(11)13(16)15-8-9-2-4-10(5-3-9)14(17)18/h2-7H,8H2,1H3,(H,15,16)(H,17,18). The van der Waals surface area contributed by atoms with Gasteiger partial charge in [-0.15, -0.1) is 11.3 Å². The third-order valence-corrected chi connectivity index (χ3v) is 3.60. The summed E-state index contributed by atoms with van der Waals surface area (Å²) in [5.74, 6) is -0.628. The molecule has 1 amide bonds. The fourth-order valence-electron chi connectivity index (χ4n) is 1.65. The van der Waals surface area contributed by atoms with Crippen molar-refractivity contribution in [3.63, 3.8) is 0 Å². The van der Waals surface area contributed by atoms with E-state index in [1.54, 1.807) is 23.6 Å².